The summed E-state index contributed by atoms with van der Waals surface area (Å²) in [6.45, 7) is 3.43. The molecular weight excluding hydrogens is 504 g/mol. The van der Waals surface area contributed by atoms with Gasteiger partial charge in [-0.1, -0.05) is 11.6 Å². The summed E-state index contributed by atoms with van der Waals surface area (Å²) in [5.41, 5.74) is 1.78. The van der Waals surface area contributed by atoms with E-state index in [0.29, 0.717) is 42.5 Å². The van der Waals surface area contributed by atoms with E-state index in [0.717, 1.165) is 43.7 Å². The predicted octanol–water partition coefficient (Wildman–Crippen LogP) is 4.59. The molecule has 3 N–H and O–H groups in total. The second-order valence-corrected chi connectivity index (χ2v) is 9.85. The monoisotopic (exact) mass is 528 g/mol. The molecule has 1 saturated heterocycles. The summed E-state index contributed by atoms with van der Waals surface area (Å²) in [6, 6.07) is 7.17. The number of fused-ring (bicyclic) bond motifs is 1. The van der Waals surface area contributed by atoms with Crippen LogP contribution in [0.3, 0.4) is 0 Å². The van der Waals surface area contributed by atoms with Gasteiger partial charge in [0.05, 0.1) is 30.7 Å². The van der Waals surface area contributed by atoms with Gasteiger partial charge in [0.1, 0.15) is 15.6 Å². The van der Waals surface area contributed by atoms with Crippen LogP contribution in [0.15, 0.2) is 35.8 Å². The lowest BCUT2D eigenvalue weighted by Gasteiger charge is -2.25. The first-order valence-corrected chi connectivity index (χ1v) is 12.9. The number of aromatic nitrogens is 2. The molecule has 36 heavy (non-hydrogen) atoms. The molecule has 12 heteroatoms. The van der Waals surface area contributed by atoms with Gasteiger partial charge < -0.3 is 25.4 Å². The van der Waals surface area contributed by atoms with Crippen molar-refractivity contribution in [2.24, 2.45) is 0 Å². The number of carbonyl (C=O) groups excluding carboxylic acids is 1. The smallest absolute Gasteiger partial charge is 0.348 e. The van der Waals surface area contributed by atoms with Crippen molar-refractivity contribution in [3.8, 4) is 5.75 Å². The summed E-state index contributed by atoms with van der Waals surface area (Å²) in [5.74, 6) is 0.215. The Balaban J connectivity index is 1.37. The maximum atomic E-state index is 13.2. The zero-order chi connectivity index (χ0) is 25.1. The number of halogens is 1. The van der Waals surface area contributed by atoms with Crippen molar-refractivity contribution in [1.82, 2.24) is 14.9 Å². The van der Waals surface area contributed by atoms with E-state index in [2.05, 4.69) is 25.5 Å². The van der Waals surface area contributed by atoms with Crippen LogP contribution in [0, 0.1) is 0 Å². The molecule has 1 fully saturated rings. The largest absolute Gasteiger partial charge is 0.491 e. The first kappa shape index (κ1) is 24.3. The Morgan fingerprint density at radius 3 is 2.78 bits per heavy atom. The average molecular weight is 529 g/mol. The Labute approximate surface area is 216 Å². The van der Waals surface area contributed by atoms with E-state index in [1.165, 1.54) is 6.20 Å². The molecule has 0 spiro atoms. The second-order valence-electron chi connectivity index (χ2n) is 8.52. The number of aromatic carboxylic acids is 1. The van der Waals surface area contributed by atoms with Crippen LogP contribution in [0.2, 0.25) is 5.02 Å². The third-order valence-corrected chi connectivity index (χ3v) is 7.18. The number of thiophene rings is 1. The van der Waals surface area contributed by atoms with Gasteiger partial charge >= 0.3 is 5.97 Å². The van der Waals surface area contributed by atoms with Gasteiger partial charge in [-0.2, -0.15) is 4.98 Å². The van der Waals surface area contributed by atoms with Gasteiger partial charge in [0.15, 0.2) is 5.82 Å². The molecule has 10 nitrogen and oxygen atoms in total. The van der Waals surface area contributed by atoms with Gasteiger partial charge in [-0.3, -0.25) is 9.69 Å². The zero-order valence-electron chi connectivity index (χ0n) is 19.4. The lowest BCUT2D eigenvalue weighted by molar-refractivity contribution is -0.119. The van der Waals surface area contributed by atoms with Crippen molar-refractivity contribution in [3.05, 3.63) is 45.7 Å². The van der Waals surface area contributed by atoms with E-state index in [1.54, 1.807) is 16.3 Å². The number of carbonyl (C=O) groups is 2. The van der Waals surface area contributed by atoms with Crippen LogP contribution in [0.5, 0.6) is 5.75 Å². The van der Waals surface area contributed by atoms with Crippen molar-refractivity contribution >= 4 is 63.6 Å². The Bertz CT molecular complexity index is 1280. The number of hydrogen-bond acceptors (Lipinski definition) is 9. The topological polar surface area (TPSA) is 120 Å². The molecule has 2 aliphatic heterocycles. The number of carboxylic acid groups (broad SMARTS) is 1. The number of benzene rings is 1. The van der Waals surface area contributed by atoms with Gasteiger partial charge in [0.25, 0.3) is 0 Å². The van der Waals surface area contributed by atoms with Gasteiger partial charge in [-0.15, -0.1) is 11.3 Å². The zero-order valence-corrected chi connectivity index (χ0v) is 20.9. The highest BCUT2D eigenvalue weighted by molar-refractivity contribution is 7.12. The molecule has 0 unspecified atom stereocenters. The lowest BCUT2D eigenvalue weighted by atomic mass is 10.2. The highest BCUT2D eigenvalue weighted by Gasteiger charge is 2.25. The summed E-state index contributed by atoms with van der Waals surface area (Å²) in [5, 5.41) is 17.4. The Morgan fingerprint density at radius 2 is 1.97 bits per heavy atom. The van der Waals surface area contributed by atoms with Gasteiger partial charge in [0, 0.05) is 12.2 Å². The molecule has 1 amide bonds. The normalized spacial score (nSPS) is 15.6. The van der Waals surface area contributed by atoms with E-state index in [1.807, 2.05) is 18.2 Å². The molecule has 0 atom stereocenters. The van der Waals surface area contributed by atoms with Gasteiger partial charge in [0.2, 0.25) is 11.9 Å². The van der Waals surface area contributed by atoms with Crippen molar-refractivity contribution in [2.75, 3.05) is 48.3 Å². The van der Waals surface area contributed by atoms with Crippen molar-refractivity contribution in [1.29, 1.82) is 0 Å². The summed E-state index contributed by atoms with van der Waals surface area (Å²) >= 11 is 7.37. The predicted molar refractivity (Wildman–Crippen MR) is 139 cm³/mol. The van der Waals surface area contributed by atoms with Gasteiger partial charge in [-0.25, -0.2) is 9.78 Å². The minimum absolute atomic E-state index is 0.0556. The van der Waals surface area contributed by atoms with Crippen LogP contribution in [-0.4, -0.2) is 64.6 Å². The van der Waals surface area contributed by atoms with Crippen LogP contribution >= 0.6 is 22.9 Å². The third kappa shape index (κ3) is 5.38. The molecule has 2 aliphatic rings. The fourth-order valence-corrected chi connectivity index (χ4v) is 5.10. The number of anilines is 5. The van der Waals surface area contributed by atoms with Crippen LogP contribution < -0.4 is 20.3 Å². The fourth-order valence-electron chi connectivity index (χ4n) is 4.27. The van der Waals surface area contributed by atoms with Gasteiger partial charge in [-0.05, 0) is 62.0 Å². The van der Waals surface area contributed by atoms with Crippen molar-refractivity contribution in [3.63, 3.8) is 0 Å². The molecule has 5 rings (SSSR count). The number of rotatable bonds is 7. The molecule has 3 aromatic rings. The van der Waals surface area contributed by atoms with Crippen LogP contribution in [0.1, 0.15) is 28.9 Å². The first-order valence-electron chi connectivity index (χ1n) is 11.6. The quantitative estimate of drug-likeness (QED) is 0.404. The van der Waals surface area contributed by atoms with E-state index < -0.39 is 5.97 Å². The summed E-state index contributed by atoms with van der Waals surface area (Å²) in [4.78, 5) is 37.4. The van der Waals surface area contributed by atoms with E-state index >= 15 is 0 Å². The molecule has 0 aliphatic carbocycles. The molecule has 0 bridgehead atoms. The SMILES string of the molecule is O=C(O)c1sccc1Nc1nc(Nc2ccc3c(c2)N(C(=O)CN2CCCC2)CCCO3)ncc1Cl. The molecule has 0 radical (unpaired) electrons. The minimum Gasteiger partial charge on any atom is -0.491 e. The number of nitrogens with one attached hydrogen (secondary N) is 2. The number of likely N-dealkylation sites (tertiary alicyclic amines) is 1. The maximum absolute atomic E-state index is 13.2. The number of ether oxygens (including phenoxy) is 1. The molecular formula is C24H25ClN6O4S. The molecule has 188 valence electrons. The summed E-state index contributed by atoms with van der Waals surface area (Å²) in [6.07, 6.45) is 4.44. The average Bonchev–Trinajstić information content (AvgIpc) is 3.49. The van der Waals surface area contributed by atoms with Crippen LogP contribution in [0.4, 0.5) is 28.8 Å². The Morgan fingerprint density at radius 1 is 1.14 bits per heavy atom. The highest BCUT2D eigenvalue weighted by Crippen LogP contribution is 2.35. The number of nitrogens with zero attached hydrogens (tertiary/aromatic N) is 4. The number of hydrogen-bond donors (Lipinski definition) is 3. The standard InChI is InChI=1S/C24H25ClN6O4S/c25-16-13-26-24(29-22(16)28-17-6-11-36-21(17)23(33)34)27-15-4-5-19-18(12-15)31(9-3-10-35-19)20(32)14-30-7-1-2-8-30/h4-6,11-13H,1-3,7-10,14H2,(H,33,34)(H2,26,27,28,29). The molecule has 1 aromatic carbocycles. The third-order valence-electron chi connectivity index (χ3n) is 6.00. The lowest BCUT2D eigenvalue weighted by Crippen LogP contribution is -2.39. The molecule has 0 saturated carbocycles. The first-order chi connectivity index (χ1) is 17.5. The van der Waals surface area contributed by atoms with Crippen LogP contribution in [0.25, 0.3) is 0 Å². The second kappa shape index (κ2) is 10.7. The van der Waals surface area contributed by atoms with E-state index in [-0.39, 0.29) is 27.6 Å². The highest BCUT2D eigenvalue weighted by atomic mass is 35.5. The minimum atomic E-state index is -1.04. The fraction of sp³-hybridized carbons (Fsp3) is 0.333. The maximum Gasteiger partial charge on any atom is 0.348 e. The molecule has 4 heterocycles. The number of amides is 1. The summed E-state index contributed by atoms with van der Waals surface area (Å²) in [7, 11) is 0. The molecule has 2 aromatic heterocycles. The summed E-state index contributed by atoms with van der Waals surface area (Å²) < 4.78 is 5.89. The van der Waals surface area contributed by atoms with Crippen molar-refractivity contribution in [2.45, 2.75) is 19.3 Å². The Kier molecular flexibility index (Phi) is 7.21. The van der Waals surface area contributed by atoms with E-state index in [9.17, 15) is 14.7 Å². The van der Waals surface area contributed by atoms with Crippen LogP contribution in [-0.2, 0) is 4.79 Å². The van der Waals surface area contributed by atoms with Crippen molar-refractivity contribution < 1.29 is 19.4 Å². The van der Waals surface area contributed by atoms with E-state index in [4.69, 9.17) is 16.3 Å². The number of carboxylic acids is 1. The Hall–Kier alpha value is -3.41.